The minimum Gasteiger partial charge on any atom is -0.395 e. The Kier molecular flexibility index (Phi) is 5.81. The predicted molar refractivity (Wildman–Crippen MR) is 92.4 cm³/mol. The second-order valence-corrected chi connectivity index (χ2v) is 6.09. The first-order valence-electron chi connectivity index (χ1n) is 8.45. The van der Waals surface area contributed by atoms with E-state index in [-0.39, 0.29) is 12.7 Å². The average Bonchev–Trinajstić information content (AvgIpc) is 3.08. The van der Waals surface area contributed by atoms with Crippen LogP contribution in [0.4, 0.5) is 0 Å². The lowest BCUT2D eigenvalue weighted by Gasteiger charge is -2.25. The van der Waals surface area contributed by atoms with E-state index in [2.05, 4.69) is 53.4 Å². The number of benzene rings is 2. The smallest absolute Gasteiger partial charge is 0.108 e. The second kappa shape index (κ2) is 8.25. The van der Waals surface area contributed by atoms with E-state index in [9.17, 15) is 5.11 Å². The fourth-order valence-electron chi connectivity index (χ4n) is 3.32. The molecule has 1 aliphatic heterocycles. The number of aliphatic hydroxyl groups excluding tert-OH is 1. The highest BCUT2D eigenvalue weighted by Crippen LogP contribution is 2.26. The summed E-state index contributed by atoms with van der Waals surface area (Å²) < 4.78 is 6.25. The van der Waals surface area contributed by atoms with E-state index < -0.39 is 0 Å². The van der Waals surface area contributed by atoms with Gasteiger partial charge >= 0.3 is 0 Å². The maximum absolute atomic E-state index is 9.42. The molecule has 0 unspecified atom stereocenters. The summed E-state index contributed by atoms with van der Waals surface area (Å²) in [6.45, 7) is 2.86. The minimum absolute atomic E-state index is 0.0346. The lowest BCUT2D eigenvalue weighted by atomic mass is 10.0. The number of nitrogens with zero attached hydrogens (tertiary/aromatic N) is 1. The fourth-order valence-corrected chi connectivity index (χ4v) is 3.32. The van der Waals surface area contributed by atoms with Crippen molar-refractivity contribution in [2.45, 2.75) is 25.0 Å². The summed E-state index contributed by atoms with van der Waals surface area (Å²) in [6, 6.07) is 21.0. The molecule has 1 saturated heterocycles. The van der Waals surface area contributed by atoms with Gasteiger partial charge in [-0.05, 0) is 30.5 Å². The highest BCUT2D eigenvalue weighted by Gasteiger charge is 2.23. The summed E-state index contributed by atoms with van der Waals surface area (Å²) in [7, 11) is 0. The van der Waals surface area contributed by atoms with Gasteiger partial charge in [-0.15, -0.1) is 0 Å². The second-order valence-electron chi connectivity index (χ2n) is 6.09. The van der Waals surface area contributed by atoms with Crippen LogP contribution in [0.15, 0.2) is 60.7 Å². The number of rotatable bonds is 7. The molecular weight excluding hydrogens is 286 g/mol. The maximum Gasteiger partial charge on any atom is 0.108 e. The molecule has 0 aliphatic carbocycles. The third kappa shape index (κ3) is 4.20. The highest BCUT2D eigenvalue weighted by atomic mass is 16.5. The van der Waals surface area contributed by atoms with Crippen molar-refractivity contribution in [1.29, 1.82) is 0 Å². The third-order valence-corrected chi connectivity index (χ3v) is 4.58. The molecule has 2 aromatic carbocycles. The number of hydrogen-bond acceptors (Lipinski definition) is 3. The Morgan fingerprint density at radius 2 is 1.61 bits per heavy atom. The lowest BCUT2D eigenvalue weighted by molar-refractivity contribution is 0.0503. The Hall–Kier alpha value is -1.68. The van der Waals surface area contributed by atoms with Gasteiger partial charge in [0, 0.05) is 12.6 Å². The molecule has 122 valence electrons. The summed E-state index contributed by atoms with van der Waals surface area (Å²) in [5, 5.41) is 9.42. The first-order chi connectivity index (χ1) is 11.4. The van der Waals surface area contributed by atoms with E-state index in [0.29, 0.717) is 12.6 Å². The predicted octanol–water partition coefficient (Wildman–Crippen LogP) is 3.25. The standard InChI is InChI=1S/C20H25NO2/c22-16-19-12-7-13-21(19)14-15-23-20(17-8-3-1-4-9-17)18-10-5-2-6-11-18/h1-6,8-11,19-20,22H,7,12-16H2/t19-/m1/s1. The van der Waals surface area contributed by atoms with Crippen molar-refractivity contribution in [1.82, 2.24) is 4.90 Å². The average molecular weight is 311 g/mol. The topological polar surface area (TPSA) is 32.7 Å². The molecule has 0 radical (unpaired) electrons. The molecule has 3 rings (SSSR count). The van der Waals surface area contributed by atoms with Crippen LogP contribution in [0.5, 0.6) is 0 Å². The van der Waals surface area contributed by atoms with Gasteiger partial charge in [0.05, 0.1) is 13.2 Å². The van der Waals surface area contributed by atoms with Gasteiger partial charge in [-0.1, -0.05) is 60.7 Å². The van der Waals surface area contributed by atoms with Crippen molar-refractivity contribution in [3.63, 3.8) is 0 Å². The van der Waals surface area contributed by atoms with Crippen LogP contribution in [0.2, 0.25) is 0 Å². The first kappa shape index (κ1) is 16.2. The summed E-state index contributed by atoms with van der Waals surface area (Å²) in [5.41, 5.74) is 2.36. The van der Waals surface area contributed by atoms with Crippen LogP contribution in [0.3, 0.4) is 0 Å². The van der Waals surface area contributed by atoms with Crippen molar-refractivity contribution in [3.8, 4) is 0 Å². The minimum atomic E-state index is -0.0346. The van der Waals surface area contributed by atoms with Crippen LogP contribution in [0.1, 0.15) is 30.1 Å². The normalized spacial score (nSPS) is 18.6. The molecule has 0 amide bonds. The Morgan fingerprint density at radius 3 is 2.17 bits per heavy atom. The summed E-state index contributed by atoms with van der Waals surface area (Å²) in [4.78, 5) is 2.34. The van der Waals surface area contributed by atoms with Gasteiger partial charge in [-0.2, -0.15) is 0 Å². The summed E-state index contributed by atoms with van der Waals surface area (Å²) in [6.07, 6.45) is 2.23. The maximum atomic E-state index is 9.42. The van der Waals surface area contributed by atoms with Gasteiger partial charge in [0.2, 0.25) is 0 Å². The van der Waals surface area contributed by atoms with E-state index in [1.54, 1.807) is 0 Å². The van der Waals surface area contributed by atoms with Crippen LogP contribution < -0.4 is 0 Å². The Balaban J connectivity index is 1.65. The SMILES string of the molecule is OC[C@H]1CCCN1CCOC(c1ccccc1)c1ccccc1. The molecular formula is C20H25NO2. The van der Waals surface area contributed by atoms with Crippen LogP contribution in [-0.2, 0) is 4.74 Å². The van der Waals surface area contributed by atoms with Crippen LogP contribution in [0.25, 0.3) is 0 Å². The zero-order valence-electron chi connectivity index (χ0n) is 13.5. The van der Waals surface area contributed by atoms with Gasteiger partial charge in [0.15, 0.2) is 0 Å². The number of likely N-dealkylation sites (tertiary alicyclic amines) is 1. The molecule has 2 aromatic rings. The molecule has 1 N–H and O–H groups in total. The van der Waals surface area contributed by atoms with E-state index in [1.165, 1.54) is 17.5 Å². The van der Waals surface area contributed by atoms with Gasteiger partial charge < -0.3 is 9.84 Å². The molecule has 1 fully saturated rings. The Bertz CT molecular complexity index is 533. The van der Waals surface area contributed by atoms with Gasteiger partial charge in [0.25, 0.3) is 0 Å². The van der Waals surface area contributed by atoms with Crippen molar-refractivity contribution >= 4 is 0 Å². The Labute approximate surface area is 138 Å². The van der Waals surface area contributed by atoms with Crippen molar-refractivity contribution in [3.05, 3.63) is 71.8 Å². The molecule has 0 bridgehead atoms. The molecule has 1 aliphatic rings. The molecule has 1 atom stereocenters. The monoisotopic (exact) mass is 311 g/mol. The largest absolute Gasteiger partial charge is 0.395 e. The molecule has 0 spiro atoms. The van der Waals surface area contributed by atoms with Crippen molar-refractivity contribution in [2.24, 2.45) is 0 Å². The zero-order valence-corrected chi connectivity index (χ0v) is 13.5. The zero-order chi connectivity index (χ0) is 15.9. The van der Waals surface area contributed by atoms with Crippen molar-refractivity contribution in [2.75, 3.05) is 26.3 Å². The van der Waals surface area contributed by atoms with Crippen LogP contribution >= 0.6 is 0 Å². The van der Waals surface area contributed by atoms with Gasteiger partial charge in [-0.3, -0.25) is 4.90 Å². The van der Waals surface area contributed by atoms with Crippen LogP contribution in [-0.4, -0.2) is 42.4 Å². The number of hydrogen-bond donors (Lipinski definition) is 1. The van der Waals surface area contributed by atoms with E-state index in [1.807, 2.05) is 12.1 Å². The highest BCUT2D eigenvalue weighted by molar-refractivity contribution is 5.29. The van der Waals surface area contributed by atoms with Gasteiger partial charge in [-0.25, -0.2) is 0 Å². The van der Waals surface area contributed by atoms with E-state index in [0.717, 1.165) is 19.5 Å². The molecule has 3 heteroatoms. The van der Waals surface area contributed by atoms with Crippen molar-refractivity contribution < 1.29 is 9.84 Å². The third-order valence-electron chi connectivity index (χ3n) is 4.58. The first-order valence-corrected chi connectivity index (χ1v) is 8.45. The molecule has 23 heavy (non-hydrogen) atoms. The number of ether oxygens (including phenoxy) is 1. The number of aliphatic hydroxyl groups is 1. The van der Waals surface area contributed by atoms with E-state index in [4.69, 9.17) is 4.74 Å². The fraction of sp³-hybridized carbons (Fsp3) is 0.400. The Morgan fingerprint density at radius 1 is 1.00 bits per heavy atom. The lowest BCUT2D eigenvalue weighted by Crippen LogP contribution is -2.35. The van der Waals surface area contributed by atoms with Crippen LogP contribution in [0, 0.1) is 0 Å². The quantitative estimate of drug-likeness (QED) is 0.852. The molecule has 1 heterocycles. The molecule has 3 nitrogen and oxygen atoms in total. The molecule has 0 aromatic heterocycles. The summed E-state index contributed by atoms with van der Waals surface area (Å²) in [5.74, 6) is 0. The van der Waals surface area contributed by atoms with E-state index >= 15 is 0 Å². The van der Waals surface area contributed by atoms with Gasteiger partial charge in [0.1, 0.15) is 6.10 Å². The summed E-state index contributed by atoms with van der Waals surface area (Å²) >= 11 is 0. The molecule has 0 saturated carbocycles.